The van der Waals surface area contributed by atoms with Gasteiger partial charge in [0.2, 0.25) is 0 Å². The molecule has 0 saturated carbocycles. The summed E-state index contributed by atoms with van der Waals surface area (Å²) in [5, 5.41) is 0. The van der Waals surface area contributed by atoms with Crippen molar-refractivity contribution in [3.05, 3.63) is 30.1 Å². The summed E-state index contributed by atoms with van der Waals surface area (Å²) in [4.78, 5) is 1.69. The van der Waals surface area contributed by atoms with E-state index in [0.717, 1.165) is 0 Å². The molecule has 0 spiro atoms. The number of hydrogen-bond donors (Lipinski definition) is 1. The van der Waals surface area contributed by atoms with Crippen LogP contribution in [0.25, 0.3) is 0 Å². The highest BCUT2D eigenvalue weighted by atomic mass is 19.3. The first-order valence-electron chi connectivity index (χ1n) is 5.09. The van der Waals surface area contributed by atoms with Gasteiger partial charge in [-0.2, -0.15) is 0 Å². The highest BCUT2D eigenvalue weighted by molar-refractivity contribution is 5.48. The molecule has 1 aromatic carbocycles. The summed E-state index contributed by atoms with van der Waals surface area (Å²) < 4.78 is 38.3. The molecule has 1 aliphatic heterocycles. The second-order valence-corrected chi connectivity index (χ2v) is 4.19. The molecule has 1 aromatic rings. The van der Waals surface area contributed by atoms with Crippen LogP contribution in [-0.4, -0.2) is 25.1 Å². The number of anilines is 1. The molecule has 1 unspecified atom stereocenters. The van der Waals surface area contributed by atoms with E-state index in [4.69, 9.17) is 5.73 Å². The smallest absolute Gasteiger partial charge is 0.258 e. The minimum Gasteiger partial charge on any atom is -0.369 e. The first-order chi connectivity index (χ1) is 7.51. The Morgan fingerprint density at radius 3 is 2.69 bits per heavy atom. The zero-order chi connectivity index (χ0) is 11.8. The maximum Gasteiger partial charge on any atom is 0.258 e. The summed E-state index contributed by atoms with van der Waals surface area (Å²) in [7, 11) is 0. The molecule has 1 heterocycles. The normalized spacial score (nSPS) is 25.4. The Labute approximate surface area is 91.8 Å². The summed E-state index contributed by atoms with van der Waals surface area (Å²) in [5.74, 6) is -0.371. The average molecular weight is 230 g/mol. The second kappa shape index (κ2) is 3.97. The first kappa shape index (κ1) is 11.3. The van der Waals surface area contributed by atoms with Crippen LogP contribution in [0.1, 0.15) is 6.42 Å². The number of rotatable bonds is 2. The van der Waals surface area contributed by atoms with Gasteiger partial charge in [-0.25, -0.2) is 13.2 Å². The van der Waals surface area contributed by atoms with E-state index in [9.17, 15) is 13.2 Å². The Morgan fingerprint density at radius 1 is 1.38 bits per heavy atom. The maximum absolute atomic E-state index is 13.0. The molecule has 0 amide bonds. The van der Waals surface area contributed by atoms with Crippen LogP contribution in [0.2, 0.25) is 0 Å². The van der Waals surface area contributed by atoms with Crippen molar-refractivity contribution in [2.45, 2.75) is 18.4 Å². The lowest BCUT2D eigenvalue weighted by atomic mass is 10.0. The molecule has 1 saturated heterocycles. The van der Waals surface area contributed by atoms with Gasteiger partial charge in [-0.3, -0.25) is 0 Å². The number of alkyl halides is 2. The Morgan fingerprint density at radius 2 is 2.12 bits per heavy atom. The first-order valence-corrected chi connectivity index (χ1v) is 5.09. The van der Waals surface area contributed by atoms with Gasteiger partial charge in [-0.1, -0.05) is 6.07 Å². The van der Waals surface area contributed by atoms with Crippen molar-refractivity contribution >= 4 is 5.69 Å². The van der Waals surface area contributed by atoms with E-state index >= 15 is 0 Å². The third kappa shape index (κ3) is 2.00. The van der Waals surface area contributed by atoms with E-state index in [1.54, 1.807) is 17.0 Å². The van der Waals surface area contributed by atoms with Gasteiger partial charge in [0, 0.05) is 18.8 Å². The van der Waals surface area contributed by atoms with E-state index in [0.29, 0.717) is 12.2 Å². The molecule has 0 bridgehead atoms. The van der Waals surface area contributed by atoms with Gasteiger partial charge >= 0.3 is 0 Å². The molecule has 1 aliphatic rings. The number of nitrogens with zero attached hydrogens (tertiary/aromatic N) is 1. The Hall–Kier alpha value is -1.23. The lowest BCUT2D eigenvalue weighted by Gasteiger charge is -2.24. The predicted octanol–water partition coefficient (Wildman–Crippen LogP) is 2.00. The molecule has 0 aliphatic carbocycles. The van der Waals surface area contributed by atoms with Gasteiger partial charge in [0.15, 0.2) is 0 Å². The molecule has 2 nitrogen and oxygen atoms in total. The predicted molar refractivity (Wildman–Crippen MR) is 56.2 cm³/mol. The minimum absolute atomic E-state index is 0.0636. The van der Waals surface area contributed by atoms with Crippen LogP contribution in [0.3, 0.4) is 0 Å². The molecular formula is C11H13F3N2. The van der Waals surface area contributed by atoms with Crippen molar-refractivity contribution in [3.63, 3.8) is 0 Å². The Bertz CT molecular complexity index is 383. The van der Waals surface area contributed by atoms with E-state index in [1.807, 2.05) is 0 Å². The fraction of sp³-hybridized carbons (Fsp3) is 0.455. The summed E-state index contributed by atoms with van der Waals surface area (Å²) >= 11 is 0. The van der Waals surface area contributed by atoms with Crippen molar-refractivity contribution in [1.82, 2.24) is 0 Å². The van der Waals surface area contributed by atoms with E-state index < -0.39 is 12.0 Å². The van der Waals surface area contributed by atoms with E-state index in [1.165, 1.54) is 12.1 Å². The molecule has 1 atom stereocenters. The molecule has 16 heavy (non-hydrogen) atoms. The third-order valence-electron chi connectivity index (χ3n) is 2.94. The van der Waals surface area contributed by atoms with Gasteiger partial charge in [0.05, 0.1) is 5.54 Å². The third-order valence-corrected chi connectivity index (χ3v) is 2.94. The van der Waals surface area contributed by atoms with Gasteiger partial charge in [0.25, 0.3) is 6.43 Å². The zero-order valence-electron chi connectivity index (χ0n) is 8.67. The van der Waals surface area contributed by atoms with Crippen molar-refractivity contribution in [1.29, 1.82) is 0 Å². The monoisotopic (exact) mass is 230 g/mol. The topological polar surface area (TPSA) is 29.3 Å². The number of hydrogen-bond acceptors (Lipinski definition) is 2. The second-order valence-electron chi connectivity index (χ2n) is 4.19. The molecular weight excluding hydrogens is 217 g/mol. The van der Waals surface area contributed by atoms with Gasteiger partial charge in [-0.05, 0) is 24.6 Å². The van der Waals surface area contributed by atoms with E-state index in [2.05, 4.69) is 0 Å². The number of nitrogens with two attached hydrogens (primary N) is 1. The summed E-state index contributed by atoms with van der Waals surface area (Å²) in [6.07, 6.45) is -2.33. The molecule has 5 heteroatoms. The van der Waals surface area contributed by atoms with Crippen LogP contribution in [0.15, 0.2) is 24.3 Å². The van der Waals surface area contributed by atoms with Gasteiger partial charge < -0.3 is 10.6 Å². The standard InChI is InChI=1S/C11H13F3N2/c12-8-2-1-3-9(6-8)16-5-4-11(15,7-16)10(13)14/h1-3,6,10H,4-5,7,15H2. The Balaban J connectivity index is 2.15. The van der Waals surface area contributed by atoms with Crippen LogP contribution in [0.5, 0.6) is 0 Å². The van der Waals surface area contributed by atoms with Gasteiger partial charge in [0.1, 0.15) is 5.82 Å². The molecule has 0 radical (unpaired) electrons. The van der Waals surface area contributed by atoms with Crippen LogP contribution in [0, 0.1) is 5.82 Å². The summed E-state index contributed by atoms with van der Waals surface area (Å²) in [6, 6.07) is 5.91. The van der Waals surface area contributed by atoms with Crippen LogP contribution < -0.4 is 10.6 Å². The number of halogens is 3. The summed E-state index contributed by atoms with van der Waals surface area (Å²) in [6.45, 7) is 0.498. The van der Waals surface area contributed by atoms with Crippen LogP contribution in [0.4, 0.5) is 18.9 Å². The summed E-state index contributed by atoms with van der Waals surface area (Å²) in [5.41, 5.74) is 4.72. The van der Waals surface area contributed by atoms with E-state index in [-0.39, 0.29) is 18.8 Å². The SMILES string of the molecule is NC1(C(F)F)CCN(c2cccc(F)c2)C1. The van der Waals surface area contributed by atoms with Crippen molar-refractivity contribution in [3.8, 4) is 0 Å². The molecule has 2 N–H and O–H groups in total. The highest BCUT2D eigenvalue weighted by Crippen LogP contribution is 2.29. The fourth-order valence-corrected chi connectivity index (χ4v) is 1.93. The zero-order valence-corrected chi connectivity index (χ0v) is 8.67. The number of benzene rings is 1. The quantitative estimate of drug-likeness (QED) is 0.842. The molecule has 88 valence electrons. The molecule has 2 rings (SSSR count). The van der Waals surface area contributed by atoms with Crippen LogP contribution in [-0.2, 0) is 0 Å². The van der Waals surface area contributed by atoms with Gasteiger partial charge in [-0.15, -0.1) is 0 Å². The lowest BCUT2D eigenvalue weighted by molar-refractivity contribution is 0.0655. The average Bonchev–Trinajstić information content (AvgIpc) is 2.62. The molecule has 0 aromatic heterocycles. The molecule has 1 fully saturated rings. The van der Waals surface area contributed by atoms with Crippen LogP contribution >= 0.6 is 0 Å². The van der Waals surface area contributed by atoms with Crippen molar-refractivity contribution in [2.75, 3.05) is 18.0 Å². The largest absolute Gasteiger partial charge is 0.369 e. The van der Waals surface area contributed by atoms with Crippen molar-refractivity contribution in [2.24, 2.45) is 5.73 Å². The minimum atomic E-state index is -2.55. The Kier molecular flexibility index (Phi) is 2.80. The maximum atomic E-state index is 13.0. The lowest BCUT2D eigenvalue weighted by Crippen LogP contribution is -2.49. The fourth-order valence-electron chi connectivity index (χ4n) is 1.93. The highest BCUT2D eigenvalue weighted by Gasteiger charge is 2.42. The van der Waals surface area contributed by atoms with Crippen molar-refractivity contribution < 1.29 is 13.2 Å².